The molecule has 2 atom stereocenters. The van der Waals surface area contributed by atoms with E-state index in [9.17, 15) is 13.9 Å². The number of aryl methyl sites for hydroxylation is 1. The molecule has 1 nitrogen and oxygen atoms in total. The number of hydrogen-bond acceptors (Lipinski definition) is 1. The summed E-state index contributed by atoms with van der Waals surface area (Å²) in [5.74, 6) is -3.02. The predicted octanol–water partition coefficient (Wildman–Crippen LogP) is 4.51. The number of rotatable bonds is 2. The molecule has 1 aromatic carbocycles. The van der Waals surface area contributed by atoms with Crippen LogP contribution in [-0.4, -0.2) is 11.0 Å². The molecule has 0 radical (unpaired) electrons. The highest BCUT2D eigenvalue weighted by atomic mass is 35.5. The van der Waals surface area contributed by atoms with Gasteiger partial charge in [0, 0.05) is 17.9 Å². The van der Waals surface area contributed by atoms with Gasteiger partial charge in [-0.05, 0) is 42.9 Å². The third-order valence-corrected chi connectivity index (χ3v) is 4.07. The van der Waals surface area contributed by atoms with E-state index in [4.69, 9.17) is 11.6 Å². The highest BCUT2D eigenvalue weighted by Crippen LogP contribution is 2.42. The highest BCUT2D eigenvalue weighted by molar-refractivity contribution is 6.31. The van der Waals surface area contributed by atoms with E-state index in [1.54, 1.807) is 12.1 Å². The van der Waals surface area contributed by atoms with Gasteiger partial charge in [0.05, 0.1) is 6.10 Å². The SMILES string of the molecule is Cc1ccc(C(O)C2CCCC(F)(F)C2)cc1Cl. The number of halogens is 3. The zero-order valence-corrected chi connectivity index (χ0v) is 11.1. The molecule has 0 spiro atoms. The Balaban J connectivity index is 2.15. The number of aliphatic hydroxyl groups excluding tert-OH is 1. The minimum atomic E-state index is -2.64. The Morgan fingerprint density at radius 1 is 1.44 bits per heavy atom. The standard InChI is InChI=1S/C14H17ClF2O/c1-9-4-5-10(7-12(9)15)13(18)11-3-2-6-14(16,17)8-11/h4-5,7,11,13,18H,2-3,6,8H2,1H3. The molecule has 1 fully saturated rings. The Kier molecular flexibility index (Phi) is 3.93. The molecule has 0 aromatic heterocycles. The molecule has 0 bridgehead atoms. The maximum absolute atomic E-state index is 13.3. The van der Waals surface area contributed by atoms with Crippen LogP contribution in [0.15, 0.2) is 18.2 Å². The molecule has 1 aliphatic carbocycles. The van der Waals surface area contributed by atoms with Crippen molar-refractivity contribution in [1.29, 1.82) is 0 Å². The van der Waals surface area contributed by atoms with Crippen molar-refractivity contribution in [2.24, 2.45) is 5.92 Å². The van der Waals surface area contributed by atoms with Crippen LogP contribution < -0.4 is 0 Å². The van der Waals surface area contributed by atoms with Crippen molar-refractivity contribution in [3.63, 3.8) is 0 Å². The maximum Gasteiger partial charge on any atom is 0.248 e. The van der Waals surface area contributed by atoms with Crippen molar-refractivity contribution in [1.82, 2.24) is 0 Å². The minimum absolute atomic E-state index is 0.0646. The van der Waals surface area contributed by atoms with E-state index in [0.29, 0.717) is 23.4 Å². The molecule has 100 valence electrons. The summed E-state index contributed by atoms with van der Waals surface area (Å²) >= 11 is 5.99. The number of alkyl halides is 2. The molecule has 1 N–H and O–H groups in total. The predicted molar refractivity (Wildman–Crippen MR) is 68.1 cm³/mol. The zero-order chi connectivity index (χ0) is 13.3. The van der Waals surface area contributed by atoms with Gasteiger partial charge in [-0.15, -0.1) is 0 Å². The van der Waals surface area contributed by atoms with E-state index in [-0.39, 0.29) is 18.8 Å². The lowest BCUT2D eigenvalue weighted by Gasteiger charge is -2.32. The Bertz CT molecular complexity index is 434. The summed E-state index contributed by atoms with van der Waals surface area (Å²) < 4.78 is 26.7. The molecule has 4 heteroatoms. The van der Waals surface area contributed by atoms with Crippen LogP contribution in [0.25, 0.3) is 0 Å². The third-order valence-electron chi connectivity index (χ3n) is 3.66. The fourth-order valence-corrected chi connectivity index (χ4v) is 2.73. The van der Waals surface area contributed by atoms with Gasteiger partial charge in [-0.2, -0.15) is 0 Å². The quantitative estimate of drug-likeness (QED) is 0.841. The first-order valence-corrected chi connectivity index (χ1v) is 6.59. The van der Waals surface area contributed by atoms with Crippen LogP contribution in [0, 0.1) is 12.8 Å². The van der Waals surface area contributed by atoms with E-state index in [1.807, 2.05) is 13.0 Å². The van der Waals surface area contributed by atoms with Crippen LogP contribution in [0.5, 0.6) is 0 Å². The molecular formula is C14H17ClF2O. The van der Waals surface area contributed by atoms with Gasteiger partial charge >= 0.3 is 0 Å². The Labute approximate surface area is 111 Å². The van der Waals surface area contributed by atoms with E-state index in [2.05, 4.69) is 0 Å². The van der Waals surface area contributed by atoms with E-state index < -0.39 is 12.0 Å². The van der Waals surface area contributed by atoms with Crippen molar-refractivity contribution >= 4 is 11.6 Å². The lowest BCUT2D eigenvalue weighted by atomic mass is 9.81. The molecule has 18 heavy (non-hydrogen) atoms. The second-order valence-corrected chi connectivity index (χ2v) is 5.57. The average molecular weight is 275 g/mol. The van der Waals surface area contributed by atoms with Gasteiger partial charge in [0.1, 0.15) is 0 Å². The van der Waals surface area contributed by atoms with Gasteiger partial charge in [0.2, 0.25) is 5.92 Å². The van der Waals surface area contributed by atoms with Crippen LogP contribution in [0.4, 0.5) is 8.78 Å². The van der Waals surface area contributed by atoms with Gasteiger partial charge in [-0.1, -0.05) is 23.7 Å². The fraction of sp³-hybridized carbons (Fsp3) is 0.571. The lowest BCUT2D eigenvalue weighted by molar-refractivity contribution is -0.0761. The van der Waals surface area contributed by atoms with Crippen LogP contribution in [-0.2, 0) is 0 Å². The Morgan fingerprint density at radius 2 is 2.17 bits per heavy atom. The topological polar surface area (TPSA) is 20.2 Å². The van der Waals surface area contributed by atoms with Gasteiger partial charge in [-0.3, -0.25) is 0 Å². The summed E-state index contributed by atoms with van der Waals surface area (Å²) in [5, 5.41) is 10.8. The van der Waals surface area contributed by atoms with Gasteiger partial charge in [0.15, 0.2) is 0 Å². The summed E-state index contributed by atoms with van der Waals surface area (Å²) in [7, 11) is 0. The van der Waals surface area contributed by atoms with E-state index in [1.165, 1.54) is 0 Å². The fourth-order valence-electron chi connectivity index (χ4n) is 2.55. The summed E-state index contributed by atoms with van der Waals surface area (Å²) in [5.41, 5.74) is 1.55. The van der Waals surface area contributed by atoms with Crippen molar-refractivity contribution in [3.8, 4) is 0 Å². The van der Waals surface area contributed by atoms with Crippen LogP contribution in [0.2, 0.25) is 5.02 Å². The third kappa shape index (κ3) is 3.01. The number of aliphatic hydroxyl groups is 1. The molecule has 1 aromatic rings. The van der Waals surface area contributed by atoms with Crippen LogP contribution in [0.1, 0.15) is 42.9 Å². The molecule has 0 aliphatic heterocycles. The van der Waals surface area contributed by atoms with Crippen molar-refractivity contribution < 1.29 is 13.9 Å². The van der Waals surface area contributed by atoms with Crippen molar-refractivity contribution in [2.75, 3.05) is 0 Å². The van der Waals surface area contributed by atoms with E-state index in [0.717, 1.165) is 5.56 Å². The molecule has 2 rings (SSSR count). The highest BCUT2D eigenvalue weighted by Gasteiger charge is 2.39. The van der Waals surface area contributed by atoms with Gasteiger partial charge in [-0.25, -0.2) is 8.78 Å². The maximum atomic E-state index is 13.3. The summed E-state index contributed by atoms with van der Waals surface area (Å²) in [6, 6.07) is 5.24. The normalized spacial score (nSPS) is 24.8. The minimum Gasteiger partial charge on any atom is -0.388 e. The second-order valence-electron chi connectivity index (χ2n) is 5.17. The largest absolute Gasteiger partial charge is 0.388 e. The molecular weight excluding hydrogens is 258 g/mol. The summed E-state index contributed by atoms with van der Waals surface area (Å²) in [6.45, 7) is 1.87. The van der Waals surface area contributed by atoms with Crippen molar-refractivity contribution in [2.45, 2.75) is 44.6 Å². The van der Waals surface area contributed by atoms with Gasteiger partial charge in [0.25, 0.3) is 0 Å². The molecule has 0 saturated heterocycles. The average Bonchev–Trinajstić information content (AvgIpc) is 2.30. The van der Waals surface area contributed by atoms with Crippen molar-refractivity contribution in [3.05, 3.63) is 34.3 Å². The molecule has 0 amide bonds. The lowest BCUT2D eigenvalue weighted by Crippen LogP contribution is -2.29. The molecule has 2 unspecified atom stereocenters. The summed E-state index contributed by atoms with van der Waals surface area (Å²) in [4.78, 5) is 0. The Hall–Kier alpha value is -0.670. The molecule has 0 heterocycles. The Morgan fingerprint density at radius 3 is 2.78 bits per heavy atom. The smallest absolute Gasteiger partial charge is 0.248 e. The first kappa shape index (κ1) is 13.8. The second kappa shape index (κ2) is 5.14. The first-order valence-electron chi connectivity index (χ1n) is 6.21. The van der Waals surface area contributed by atoms with Crippen LogP contribution in [0.3, 0.4) is 0 Å². The summed E-state index contributed by atoms with van der Waals surface area (Å²) in [6.07, 6.45) is -0.0459. The molecule has 1 aliphatic rings. The zero-order valence-electron chi connectivity index (χ0n) is 10.3. The van der Waals surface area contributed by atoms with Gasteiger partial charge < -0.3 is 5.11 Å². The number of hydrogen-bond donors (Lipinski definition) is 1. The van der Waals surface area contributed by atoms with E-state index >= 15 is 0 Å². The monoisotopic (exact) mass is 274 g/mol. The first-order chi connectivity index (χ1) is 8.39. The molecule has 1 saturated carbocycles. The number of benzene rings is 1. The van der Waals surface area contributed by atoms with Crippen LogP contribution >= 0.6 is 11.6 Å².